The Morgan fingerprint density at radius 2 is 0.736 bits per heavy atom. The van der Waals surface area contributed by atoms with E-state index in [0.717, 1.165) is 56.4 Å². The highest BCUT2D eigenvalue weighted by atomic mass is 19.4. The highest BCUT2D eigenvalue weighted by Crippen LogP contribution is 2.57. The summed E-state index contributed by atoms with van der Waals surface area (Å²) in [5.41, 5.74) is 0.856. The maximum atomic E-state index is 13.2. The number of aliphatic hydroxyl groups excluding tert-OH is 8. The summed E-state index contributed by atoms with van der Waals surface area (Å²) in [4.78, 5) is 103. The van der Waals surface area contributed by atoms with Crippen LogP contribution in [0.4, 0.5) is 17.6 Å². The number of aromatic hydroxyl groups is 4. The van der Waals surface area contributed by atoms with Crippen LogP contribution in [0.2, 0.25) is 0 Å². The quantitative estimate of drug-likeness (QED) is 0.0700. The normalized spacial score (nSPS) is 31.1. The summed E-state index contributed by atoms with van der Waals surface area (Å²) in [7, 11) is 0. The van der Waals surface area contributed by atoms with Gasteiger partial charge in [0, 0.05) is 106 Å². The van der Waals surface area contributed by atoms with E-state index in [2.05, 4.69) is 37.2 Å². The van der Waals surface area contributed by atoms with Gasteiger partial charge in [0.05, 0.1) is 76.5 Å². The van der Waals surface area contributed by atoms with Crippen molar-refractivity contribution in [2.45, 2.75) is 187 Å². The van der Waals surface area contributed by atoms with Gasteiger partial charge < -0.3 is 136 Å². The van der Waals surface area contributed by atoms with Crippen molar-refractivity contribution in [1.82, 2.24) is 37.2 Å². The molecule has 7 amide bonds. The summed E-state index contributed by atoms with van der Waals surface area (Å²) >= 11 is 0. The number of halogens is 4. The molecule has 5 aliphatic carbocycles. The third-order valence-electron chi connectivity index (χ3n) is 27.7. The van der Waals surface area contributed by atoms with Crippen LogP contribution in [0.1, 0.15) is 190 Å². The molecule has 24 atom stereocenters. The number of amides is 7. The number of rotatable bonds is 9. The molecule has 684 valence electrons. The van der Waals surface area contributed by atoms with Crippen molar-refractivity contribution in [3.63, 3.8) is 0 Å². The molecule has 0 aromatic heterocycles. The minimum atomic E-state index is -4.66. The minimum absolute atomic E-state index is 0.0219. The van der Waals surface area contributed by atoms with Gasteiger partial charge in [-0.1, -0.05) is 83.4 Å². The Morgan fingerprint density at radius 1 is 0.395 bits per heavy atom. The Morgan fingerprint density at radius 3 is 1.12 bits per heavy atom. The van der Waals surface area contributed by atoms with Crippen molar-refractivity contribution in [2.24, 2.45) is 35.5 Å². The van der Waals surface area contributed by atoms with Crippen LogP contribution in [-0.2, 0) is 11.0 Å². The molecule has 0 spiro atoms. The summed E-state index contributed by atoms with van der Waals surface area (Å²) < 4.78 is 95.3. The fourth-order valence-electron chi connectivity index (χ4n) is 20.9. The van der Waals surface area contributed by atoms with Crippen LogP contribution >= 0.6 is 0 Å². The van der Waals surface area contributed by atoms with E-state index in [-0.39, 0.29) is 142 Å². The number of alkyl halides is 3. The molecule has 8 aliphatic heterocycles. The van der Waals surface area contributed by atoms with Gasteiger partial charge in [-0.15, -0.1) is 0 Å². The summed E-state index contributed by atoms with van der Waals surface area (Å²) in [6, 6.07) is 18.2. The summed E-state index contributed by atoms with van der Waals surface area (Å²) in [5.74, 6) is -10.3. The number of nitrogens with one attached hydrogen (secondary N) is 7. The number of aliphatic hydroxyl groups is 8. The molecule has 7 aromatic rings. The molecular weight excluding hydrogens is 1700 g/mol. The average Bonchev–Trinajstić information content (AvgIpc) is 1.68. The molecule has 13 aliphatic rings. The molecule has 19 N–H and O–H groups in total. The molecule has 8 heterocycles. The number of benzene rings is 7. The number of phenols is 4. The number of hydrogen-bond acceptors (Lipinski definition) is 28. The van der Waals surface area contributed by atoms with Crippen LogP contribution in [0.5, 0.6) is 69.0 Å². The molecule has 5 saturated carbocycles. The number of Topliss-reactive ketones (excluding diaryl/α,β-unsaturated/α-hetero) is 1. The zero-order chi connectivity index (χ0) is 91.7. The molecule has 0 bridgehead atoms. The molecule has 39 heteroatoms. The summed E-state index contributed by atoms with van der Waals surface area (Å²) in [5, 5.41) is 149. The van der Waals surface area contributed by atoms with Crippen molar-refractivity contribution in [1.29, 1.82) is 0 Å². The standard InChI is InChI=1S/C23H21F3N2O7.C23H23NO7.C22H21FN2O7.C22H28N2O7/c1-8-15-13(11-6-12-20(35-7-34-12)18(30)14(11)22(33)27-15)16(19(31)17(8)29)28-21(32)9-3-2-4-10(5-9)23(24,25)26;1-10-18-16(12-8-15-22(31-9-30-15)21(28)17(12)23(29)24-18)13(20(27)19(10)26)7-14(25)11-5-3-2-4-6-11;1-8-15-13(11-6-12-20(32-7-31-12)18(27)14(11)22(30)24-15)16(19(28)17(8)26)25-21(29)9-2-4-10(23)5-3-9;1-9-15-13(11-7-12-20(31-8-30-12)18(26)14(11)22(29)23-15)16(19(27)17(9)25)24-21(28)10-5-3-2-4-6-10/h2-6,8,13,15-17,19,29-31H,7H2,1H3,(H,27,33)(H,28,32);2-6,8,10,13,16,18-20,26-28H,7,9H2,1H3,(H,24,29);2-6,8,13,15-17,19,26-28H,7H2,1H3,(H,24,30)(H,25,29);7,9-10,13,15-17,19,25-27H,2-6,8H2,1H3,(H,23,29)(H,24,28)/t8-,13+,15-,16+,17-,19-;10-,13+,16-,18-,19-,20-;8-,13+,15-,16+,17-,19-;9-,13+,15-,16+,17-,19-/m0000/s1. The number of ketones is 1. The zero-order valence-electron chi connectivity index (χ0n) is 69.2. The SMILES string of the molecule is C[C@@H]1[C@H](O)[C@@H](O)[C@H](CC(=O)c2ccccc2)[C@@H]2c3cc4c(c(O)c3C(=O)N[C@@H]12)OCO4.C[C@@H]1[C@H](O)[C@@H](O)[C@H](NC(=O)C2CCCCC2)[C@@H]2c3cc4c(c(O)c3C(=O)N[C@@H]12)OCO4.C[C@@H]1[C@H](O)[C@@H](O)[C@H](NC(=O)c2ccc(F)cc2)[C@@H]2c3cc4c(c(O)c3C(=O)N[C@@H]12)OCO4.C[C@@H]1[C@H](O)[C@@H](O)[C@H](NC(=O)c2cccc(C(F)(F)F)c2)[C@@H]2c3cc4c(c(O)c3C(=O)N[C@@H]12)OCO4. The summed E-state index contributed by atoms with van der Waals surface area (Å²) in [6.45, 7) is 6.34. The third kappa shape index (κ3) is 15.5. The van der Waals surface area contributed by atoms with Gasteiger partial charge in [0.15, 0.2) is 51.8 Å². The van der Waals surface area contributed by atoms with Crippen molar-refractivity contribution in [3.8, 4) is 69.0 Å². The fraction of sp³-hybridized carbons (Fsp3) is 0.444. The van der Waals surface area contributed by atoms with E-state index in [1.54, 1.807) is 70.2 Å². The van der Waals surface area contributed by atoms with Crippen LogP contribution in [0, 0.1) is 41.3 Å². The predicted molar refractivity (Wildman–Crippen MR) is 435 cm³/mol. The highest BCUT2D eigenvalue weighted by molar-refractivity contribution is 6.05. The average molecular weight is 1800 g/mol. The van der Waals surface area contributed by atoms with E-state index in [4.69, 9.17) is 37.9 Å². The molecule has 0 saturated heterocycles. The Balaban J connectivity index is 0.000000121. The molecule has 0 unspecified atom stereocenters. The van der Waals surface area contributed by atoms with E-state index in [1.807, 2.05) is 6.07 Å². The number of ether oxygens (including phenoxy) is 8. The lowest BCUT2D eigenvalue weighted by Gasteiger charge is -2.50. The van der Waals surface area contributed by atoms with Crippen LogP contribution in [0.25, 0.3) is 0 Å². The first kappa shape index (κ1) is 88.5. The maximum absolute atomic E-state index is 13.2. The van der Waals surface area contributed by atoms with Gasteiger partial charge in [0.2, 0.25) is 56.1 Å². The Hall–Kier alpha value is -12.5. The molecule has 35 nitrogen and oxygen atoms in total. The fourth-order valence-corrected chi connectivity index (χ4v) is 20.9. The molecule has 5 fully saturated rings. The second-order valence-electron chi connectivity index (χ2n) is 34.8. The first-order chi connectivity index (χ1) is 61.5. The Kier molecular flexibility index (Phi) is 23.7. The van der Waals surface area contributed by atoms with Crippen LogP contribution < -0.4 is 75.1 Å². The number of phenolic OH excluding ortho intramolecular Hbond substituents is 4. The van der Waals surface area contributed by atoms with E-state index in [1.165, 1.54) is 24.3 Å². The van der Waals surface area contributed by atoms with Crippen LogP contribution in [0.15, 0.2) is 103 Å². The number of hydrogen-bond donors (Lipinski definition) is 19. The van der Waals surface area contributed by atoms with Gasteiger partial charge in [-0.3, -0.25) is 38.4 Å². The van der Waals surface area contributed by atoms with Gasteiger partial charge >= 0.3 is 6.18 Å². The lowest BCUT2D eigenvalue weighted by molar-refractivity contribution is -0.137. The zero-order valence-corrected chi connectivity index (χ0v) is 69.2. The summed E-state index contributed by atoms with van der Waals surface area (Å²) in [6.07, 6.45) is -10.1. The number of carbonyl (C=O) groups excluding carboxylic acids is 8. The lowest BCUT2D eigenvalue weighted by atomic mass is 9.61. The van der Waals surface area contributed by atoms with Gasteiger partial charge in [-0.25, -0.2) is 4.39 Å². The second-order valence-corrected chi connectivity index (χ2v) is 34.8. The Bertz CT molecular complexity index is 5650. The van der Waals surface area contributed by atoms with Gasteiger partial charge in [-0.05, 0) is 102 Å². The monoisotopic (exact) mass is 1800 g/mol. The van der Waals surface area contributed by atoms with Gasteiger partial charge in [0.25, 0.3) is 35.4 Å². The lowest BCUT2D eigenvalue weighted by Crippen LogP contribution is -2.67. The molecular formula is C90H93F4N7O28. The number of fused-ring (bicyclic) bond motifs is 16. The van der Waals surface area contributed by atoms with E-state index >= 15 is 0 Å². The van der Waals surface area contributed by atoms with Gasteiger partial charge in [0.1, 0.15) is 24.1 Å². The molecule has 20 rings (SSSR count). The van der Waals surface area contributed by atoms with Crippen molar-refractivity contribution < 1.29 is 155 Å². The van der Waals surface area contributed by atoms with Crippen molar-refractivity contribution in [2.75, 3.05) is 27.2 Å². The maximum Gasteiger partial charge on any atom is 0.416 e. The predicted octanol–water partition coefficient (Wildman–Crippen LogP) is 4.46. The smallest absolute Gasteiger partial charge is 0.416 e. The minimum Gasteiger partial charge on any atom is -0.504 e. The van der Waals surface area contributed by atoms with Crippen molar-refractivity contribution >= 4 is 47.1 Å². The molecule has 129 heavy (non-hydrogen) atoms. The van der Waals surface area contributed by atoms with E-state index in [0.29, 0.717) is 39.8 Å². The number of carbonyl (C=O) groups is 8. The van der Waals surface area contributed by atoms with Crippen LogP contribution in [-0.4, -0.2) is 227 Å². The van der Waals surface area contributed by atoms with Crippen LogP contribution in [0.3, 0.4) is 0 Å². The highest BCUT2D eigenvalue weighted by Gasteiger charge is 2.59. The van der Waals surface area contributed by atoms with E-state index in [9.17, 15) is 117 Å². The van der Waals surface area contributed by atoms with Gasteiger partial charge in [-0.2, -0.15) is 13.2 Å². The largest absolute Gasteiger partial charge is 0.504 e. The first-order valence-corrected chi connectivity index (χ1v) is 42.3. The van der Waals surface area contributed by atoms with Crippen molar-refractivity contribution in [3.05, 3.63) is 176 Å². The second kappa shape index (κ2) is 34.5. The van der Waals surface area contributed by atoms with E-state index < -0.39 is 203 Å². The first-order valence-electron chi connectivity index (χ1n) is 42.3. The Labute approximate surface area is 730 Å². The molecule has 0 radical (unpaired) electrons. The topological polar surface area (TPSA) is 537 Å². The molecule has 7 aromatic carbocycles. The third-order valence-corrected chi connectivity index (χ3v) is 27.7.